The first-order valence-corrected chi connectivity index (χ1v) is 12.7. The summed E-state index contributed by atoms with van der Waals surface area (Å²) in [6, 6.07) is 4.84. The van der Waals surface area contributed by atoms with Gasteiger partial charge in [0.1, 0.15) is 0 Å². The van der Waals surface area contributed by atoms with E-state index in [-0.39, 0.29) is 42.5 Å². The molecule has 10 nitrogen and oxygen atoms in total. The van der Waals surface area contributed by atoms with Crippen LogP contribution >= 0.6 is 0 Å². The molecule has 3 aliphatic rings. The van der Waals surface area contributed by atoms with E-state index in [0.29, 0.717) is 37.4 Å². The van der Waals surface area contributed by atoms with E-state index in [2.05, 4.69) is 0 Å². The van der Waals surface area contributed by atoms with Crippen LogP contribution in [0.15, 0.2) is 23.3 Å². The van der Waals surface area contributed by atoms with Crippen molar-refractivity contribution in [2.24, 2.45) is 22.7 Å². The molecule has 0 spiro atoms. The fourth-order valence-electron chi connectivity index (χ4n) is 5.66. The van der Waals surface area contributed by atoms with E-state index in [1.165, 1.54) is 0 Å². The van der Waals surface area contributed by atoms with E-state index in [9.17, 15) is 14.4 Å². The van der Waals surface area contributed by atoms with Crippen LogP contribution in [0.2, 0.25) is 0 Å². The molecule has 1 aliphatic carbocycles. The molecule has 10 heteroatoms. The van der Waals surface area contributed by atoms with E-state index >= 15 is 0 Å². The second-order valence-corrected chi connectivity index (χ2v) is 9.83. The summed E-state index contributed by atoms with van der Waals surface area (Å²) in [5, 5.41) is 15.5. The van der Waals surface area contributed by atoms with Crippen LogP contribution in [-0.2, 0) is 14.4 Å². The third kappa shape index (κ3) is 5.33. The average molecular weight is 501 g/mol. The van der Waals surface area contributed by atoms with E-state index in [0.717, 1.165) is 37.0 Å². The Hall–Kier alpha value is -3.14. The number of hydrazone groups is 1. The number of likely N-dealkylation sites (tertiary alicyclic amines) is 1. The fourth-order valence-corrected chi connectivity index (χ4v) is 5.66. The number of fused-ring (bicyclic) bond motifs is 1. The number of ether oxygens (including phenoxy) is 2. The molecule has 2 heterocycles. The Labute approximate surface area is 211 Å². The number of hydrogen-bond acceptors (Lipinski definition) is 7. The molecule has 0 bridgehead atoms. The highest BCUT2D eigenvalue weighted by atomic mass is 16.5. The molecule has 2 amide bonds. The lowest BCUT2D eigenvalue weighted by molar-refractivity contribution is -0.143. The molecule has 2 aliphatic heterocycles. The second-order valence-electron chi connectivity index (χ2n) is 9.83. The molecule has 3 N–H and O–H groups in total. The molecule has 4 rings (SSSR count). The van der Waals surface area contributed by atoms with Crippen molar-refractivity contribution in [3.63, 3.8) is 0 Å². The number of hydrogen-bond donors (Lipinski definition) is 2. The number of aliphatic carboxylic acids is 1. The minimum absolute atomic E-state index is 0.0758. The lowest BCUT2D eigenvalue weighted by atomic mass is 9.73. The molecule has 0 aromatic heterocycles. The van der Waals surface area contributed by atoms with Gasteiger partial charge in [0.2, 0.25) is 11.8 Å². The summed E-state index contributed by atoms with van der Waals surface area (Å²) in [4.78, 5) is 38.7. The van der Waals surface area contributed by atoms with Crippen LogP contribution in [0.25, 0.3) is 0 Å². The summed E-state index contributed by atoms with van der Waals surface area (Å²) in [7, 11) is 3.20. The zero-order valence-electron chi connectivity index (χ0n) is 21.0. The van der Waals surface area contributed by atoms with Crippen LogP contribution in [0, 0.1) is 11.8 Å². The van der Waals surface area contributed by atoms with Gasteiger partial charge in [-0.1, -0.05) is 12.8 Å². The van der Waals surface area contributed by atoms with Crippen molar-refractivity contribution < 1.29 is 29.0 Å². The van der Waals surface area contributed by atoms with Crippen LogP contribution in [-0.4, -0.2) is 77.9 Å². The maximum atomic E-state index is 13.6. The maximum absolute atomic E-state index is 13.6. The molecule has 196 valence electrons. The Morgan fingerprint density at radius 3 is 2.39 bits per heavy atom. The Bertz CT molecular complexity index is 1020. The van der Waals surface area contributed by atoms with Crippen molar-refractivity contribution in [2.45, 2.75) is 63.5 Å². The predicted octanol–water partition coefficient (Wildman–Crippen LogP) is 2.24. The van der Waals surface area contributed by atoms with E-state index in [1.54, 1.807) is 24.1 Å². The van der Waals surface area contributed by atoms with Gasteiger partial charge in [0, 0.05) is 36.9 Å². The smallest absolute Gasteiger partial charge is 0.303 e. The third-order valence-corrected chi connectivity index (χ3v) is 7.66. The van der Waals surface area contributed by atoms with Crippen molar-refractivity contribution in [3.05, 3.63) is 23.8 Å². The number of carboxylic acids is 1. The standard InChI is InChI=1S/C26H36N4O6/c1-35-21-9-7-16(15-22(21)36-2)24-18-5-3-4-6-19(18)25(33)30(28-24)17-11-13-29(14-12-17)26(34)20(27)8-10-23(31)32/h7,9,15,17-20H,3-6,8,10-14,27H2,1-2H3,(H,31,32)/t18-,19+,20+/m0/s1. The van der Waals surface area contributed by atoms with Gasteiger partial charge < -0.3 is 25.2 Å². The molecular formula is C26H36N4O6. The third-order valence-electron chi connectivity index (χ3n) is 7.66. The molecule has 0 radical (unpaired) electrons. The minimum Gasteiger partial charge on any atom is -0.493 e. The normalized spacial score (nSPS) is 23.5. The summed E-state index contributed by atoms with van der Waals surface area (Å²) in [6.45, 7) is 0.923. The van der Waals surface area contributed by atoms with Crippen molar-refractivity contribution in [1.29, 1.82) is 0 Å². The number of methoxy groups -OCH3 is 2. The highest BCUT2D eigenvalue weighted by Gasteiger charge is 2.44. The largest absolute Gasteiger partial charge is 0.493 e. The molecule has 0 unspecified atom stereocenters. The summed E-state index contributed by atoms with van der Waals surface area (Å²) in [6.07, 6.45) is 5.06. The molecule has 1 aromatic carbocycles. The molecule has 1 saturated heterocycles. The molecule has 2 fully saturated rings. The van der Waals surface area contributed by atoms with Crippen LogP contribution in [0.3, 0.4) is 0 Å². The minimum atomic E-state index is -0.968. The quantitative estimate of drug-likeness (QED) is 0.559. The number of rotatable bonds is 8. The molecule has 1 aromatic rings. The number of amides is 2. The first kappa shape index (κ1) is 25.9. The highest BCUT2D eigenvalue weighted by Crippen LogP contribution is 2.40. The number of carboxylic acid groups (broad SMARTS) is 1. The molecular weight excluding hydrogens is 464 g/mol. The summed E-state index contributed by atoms with van der Waals surface area (Å²) in [5.74, 6) is 0.125. The van der Waals surface area contributed by atoms with Crippen LogP contribution in [0.1, 0.15) is 56.9 Å². The SMILES string of the molecule is COc1ccc(C2=NN(C3CCN(C(=O)[C@H](N)CCC(=O)O)CC3)C(=O)[C@@H]3CCCC[C@H]23)cc1OC. The van der Waals surface area contributed by atoms with Crippen molar-refractivity contribution in [1.82, 2.24) is 9.91 Å². The number of nitrogens with zero attached hydrogens (tertiary/aromatic N) is 3. The van der Waals surface area contributed by atoms with Crippen molar-refractivity contribution in [3.8, 4) is 11.5 Å². The lowest BCUT2D eigenvalue weighted by Gasteiger charge is -2.43. The van der Waals surface area contributed by atoms with Crippen LogP contribution in [0.5, 0.6) is 11.5 Å². The Morgan fingerprint density at radius 2 is 1.75 bits per heavy atom. The Balaban J connectivity index is 1.53. The van der Waals surface area contributed by atoms with Crippen molar-refractivity contribution >= 4 is 23.5 Å². The van der Waals surface area contributed by atoms with E-state index in [1.807, 2.05) is 18.2 Å². The number of piperidine rings is 1. The van der Waals surface area contributed by atoms with Gasteiger partial charge in [-0.25, -0.2) is 5.01 Å². The number of benzene rings is 1. The molecule has 3 atom stereocenters. The van der Waals surface area contributed by atoms with Gasteiger partial charge in [0.05, 0.1) is 32.0 Å². The summed E-state index contributed by atoms with van der Waals surface area (Å²) >= 11 is 0. The van der Waals surface area contributed by atoms with E-state index in [4.69, 9.17) is 25.4 Å². The van der Waals surface area contributed by atoms with E-state index < -0.39 is 12.0 Å². The molecule has 36 heavy (non-hydrogen) atoms. The first-order valence-electron chi connectivity index (χ1n) is 12.7. The number of nitrogens with two attached hydrogens (primary N) is 1. The summed E-state index contributed by atoms with van der Waals surface area (Å²) in [5.41, 5.74) is 7.78. The predicted molar refractivity (Wildman–Crippen MR) is 133 cm³/mol. The summed E-state index contributed by atoms with van der Waals surface area (Å²) < 4.78 is 10.9. The van der Waals surface area contributed by atoms with Crippen molar-refractivity contribution in [2.75, 3.05) is 27.3 Å². The second kappa shape index (κ2) is 11.3. The number of carbonyl (C=O) groups excluding carboxylic acids is 2. The zero-order chi connectivity index (χ0) is 25.8. The van der Waals surface area contributed by atoms with Gasteiger partial charge >= 0.3 is 5.97 Å². The Morgan fingerprint density at radius 1 is 1.08 bits per heavy atom. The topological polar surface area (TPSA) is 135 Å². The van der Waals surface area contributed by atoms with Gasteiger partial charge in [-0.15, -0.1) is 0 Å². The zero-order valence-corrected chi connectivity index (χ0v) is 21.0. The monoisotopic (exact) mass is 500 g/mol. The van der Waals surface area contributed by atoms with Gasteiger partial charge in [0.25, 0.3) is 0 Å². The average Bonchev–Trinajstić information content (AvgIpc) is 2.91. The number of carbonyl (C=O) groups is 3. The first-order chi connectivity index (χ1) is 17.3. The van der Waals surface area contributed by atoms with Gasteiger partial charge in [-0.3, -0.25) is 14.4 Å². The molecule has 1 saturated carbocycles. The Kier molecular flexibility index (Phi) is 8.13. The fraction of sp³-hybridized carbons (Fsp3) is 0.615. The van der Waals surface area contributed by atoms with Gasteiger partial charge in [0.15, 0.2) is 11.5 Å². The van der Waals surface area contributed by atoms with Crippen LogP contribution in [0.4, 0.5) is 0 Å². The van der Waals surface area contributed by atoms with Gasteiger partial charge in [-0.2, -0.15) is 5.10 Å². The maximum Gasteiger partial charge on any atom is 0.303 e. The highest BCUT2D eigenvalue weighted by molar-refractivity contribution is 6.07. The van der Waals surface area contributed by atoms with Gasteiger partial charge in [-0.05, 0) is 50.3 Å². The van der Waals surface area contributed by atoms with Crippen LogP contribution < -0.4 is 15.2 Å². The lowest BCUT2D eigenvalue weighted by Crippen LogP contribution is -2.54.